The van der Waals surface area contributed by atoms with Crippen molar-refractivity contribution in [3.8, 4) is 11.8 Å². The zero-order valence-electron chi connectivity index (χ0n) is 13.1. The Bertz CT molecular complexity index is 835. The average molecular weight is 340 g/mol. The lowest BCUT2D eigenvalue weighted by molar-refractivity contribution is 0.567. The van der Waals surface area contributed by atoms with Gasteiger partial charge in [0, 0.05) is 11.7 Å². The maximum Gasteiger partial charge on any atom is 0.199 e. The van der Waals surface area contributed by atoms with Gasteiger partial charge in [-0.05, 0) is 39.3 Å². The van der Waals surface area contributed by atoms with Gasteiger partial charge in [0.2, 0.25) is 0 Å². The molecule has 1 aliphatic carbocycles. The Kier molecular flexibility index (Phi) is 3.95. The third kappa shape index (κ3) is 2.80. The topological polar surface area (TPSA) is 68.3 Å². The Morgan fingerprint density at radius 3 is 2.09 bits per heavy atom. The summed E-state index contributed by atoms with van der Waals surface area (Å²) in [5.41, 5.74) is -0.303. The molecule has 120 valence electrons. The summed E-state index contributed by atoms with van der Waals surface area (Å²) in [6.45, 7) is 5.70. The van der Waals surface area contributed by atoms with E-state index in [9.17, 15) is 16.8 Å². The molecule has 4 nitrogen and oxygen atoms in total. The number of hydrogen-bond acceptors (Lipinski definition) is 4. The molecule has 0 spiro atoms. The minimum atomic E-state index is -3.99. The number of rotatable bonds is 3. The van der Waals surface area contributed by atoms with Crippen LogP contribution in [0.1, 0.15) is 27.2 Å². The van der Waals surface area contributed by atoms with Crippen molar-refractivity contribution in [2.45, 2.75) is 36.2 Å². The standard InChI is InChI=1S/C16H20O4S2/c1-15(2,3)11-10-13-12-16(13,21(4,17)18)22(19,20)14-8-6-5-7-9-14/h5-9,13H,12H2,1-4H3/t13-,16-/m1/s1. The molecule has 1 saturated carbocycles. The van der Waals surface area contributed by atoms with Crippen molar-refractivity contribution in [1.82, 2.24) is 0 Å². The lowest BCUT2D eigenvalue weighted by Crippen LogP contribution is -2.34. The Morgan fingerprint density at radius 1 is 1.09 bits per heavy atom. The molecule has 0 bridgehead atoms. The SMILES string of the molecule is CC(C)(C)C#C[C@@H]1C[C@@]1(S(C)(=O)=O)S(=O)(=O)c1ccccc1. The van der Waals surface area contributed by atoms with Crippen LogP contribution in [0, 0.1) is 23.2 Å². The van der Waals surface area contributed by atoms with Gasteiger partial charge in [0.15, 0.2) is 23.8 Å². The Morgan fingerprint density at radius 2 is 1.64 bits per heavy atom. The summed E-state index contributed by atoms with van der Waals surface area (Å²) < 4.78 is 48.3. The third-order valence-corrected chi connectivity index (χ3v) is 9.14. The van der Waals surface area contributed by atoms with Gasteiger partial charge in [0.25, 0.3) is 0 Å². The largest absolute Gasteiger partial charge is 0.227 e. The van der Waals surface area contributed by atoms with Gasteiger partial charge in [0.1, 0.15) is 0 Å². The summed E-state index contributed by atoms with van der Waals surface area (Å²) in [6, 6.07) is 7.71. The first-order valence-corrected chi connectivity index (χ1v) is 10.3. The van der Waals surface area contributed by atoms with E-state index in [0.29, 0.717) is 0 Å². The summed E-state index contributed by atoms with van der Waals surface area (Å²) in [5, 5.41) is 0. The number of hydrogen-bond donors (Lipinski definition) is 0. The van der Waals surface area contributed by atoms with Crippen LogP contribution < -0.4 is 0 Å². The van der Waals surface area contributed by atoms with Crippen LogP contribution >= 0.6 is 0 Å². The fourth-order valence-electron chi connectivity index (χ4n) is 2.40. The molecule has 0 heterocycles. The van der Waals surface area contributed by atoms with Gasteiger partial charge in [-0.3, -0.25) is 0 Å². The van der Waals surface area contributed by atoms with Gasteiger partial charge in [-0.25, -0.2) is 16.8 Å². The lowest BCUT2D eigenvalue weighted by atomic mass is 9.98. The molecule has 0 aliphatic heterocycles. The molecule has 0 radical (unpaired) electrons. The third-order valence-electron chi connectivity index (χ3n) is 3.62. The van der Waals surface area contributed by atoms with E-state index in [1.165, 1.54) is 12.1 Å². The molecule has 1 fully saturated rings. The zero-order chi connectivity index (χ0) is 16.8. The minimum Gasteiger partial charge on any atom is -0.227 e. The smallest absolute Gasteiger partial charge is 0.199 e. The fraction of sp³-hybridized carbons (Fsp3) is 0.500. The van der Waals surface area contributed by atoms with Crippen LogP contribution in [0.25, 0.3) is 0 Å². The number of benzene rings is 1. The van der Waals surface area contributed by atoms with Crippen molar-refractivity contribution in [3.05, 3.63) is 30.3 Å². The molecular formula is C16H20O4S2. The second kappa shape index (κ2) is 5.10. The van der Waals surface area contributed by atoms with Gasteiger partial charge in [-0.15, -0.1) is 0 Å². The normalized spacial score (nSPS) is 25.2. The van der Waals surface area contributed by atoms with E-state index in [-0.39, 0.29) is 16.7 Å². The van der Waals surface area contributed by atoms with Crippen molar-refractivity contribution < 1.29 is 16.8 Å². The predicted molar refractivity (Wildman–Crippen MR) is 86.5 cm³/mol. The molecule has 2 atom stereocenters. The maximum absolute atomic E-state index is 12.9. The molecule has 0 saturated heterocycles. The van der Waals surface area contributed by atoms with Crippen molar-refractivity contribution in [2.75, 3.05) is 6.26 Å². The summed E-state index contributed by atoms with van der Waals surface area (Å²) in [5.74, 6) is 5.14. The molecule has 0 aromatic heterocycles. The highest BCUT2D eigenvalue weighted by Crippen LogP contribution is 2.55. The molecule has 2 rings (SSSR count). The second-order valence-corrected chi connectivity index (χ2v) is 11.4. The van der Waals surface area contributed by atoms with E-state index in [0.717, 1.165) is 6.26 Å². The predicted octanol–water partition coefficient (Wildman–Crippen LogP) is 2.27. The second-order valence-electron chi connectivity index (χ2n) is 6.68. The van der Waals surface area contributed by atoms with Crippen LogP contribution in [0.2, 0.25) is 0 Å². The van der Waals surface area contributed by atoms with Crippen LogP contribution in [-0.2, 0) is 19.7 Å². The first-order chi connectivity index (χ1) is 9.92. The van der Waals surface area contributed by atoms with Crippen LogP contribution in [0.4, 0.5) is 0 Å². The van der Waals surface area contributed by atoms with Crippen LogP contribution in [0.3, 0.4) is 0 Å². The summed E-state index contributed by atoms with van der Waals surface area (Å²) in [4.78, 5) is 0.0282. The summed E-state index contributed by atoms with van der Waals surface area (Å²) in [6.07, 6.45) is 1.01. The highest BCUT2D eigenvalue weighted by Gasteiger charge is 2.71. The molecule has 0 N–H and O–H groups in total. The van der Waals surface area contributed by atoms with E-state index in [2.05, 4.69) is 11.8 Å². The molecular weight excluding hydrogens is 320 g/mol. The number of sulfone groups is 2. The molecule has 1 aromatic carbocycles. The Hall–Kier alpha value is -1.32. The fourth-order valence-corrected chi connectivity index (χ4v) is 7.06. The first-order valence-electron chi connectivity index (χ1n) is 6.94. The van der Waals surface area contributed by atoms with E-state index in [1.807, 2.05) is 20.8 Å². The van der Waals surface area contributed by atoms with Crippen molar-refractivity contribution in [1.29, 1.82) is 0 Å². The van der Waals surface area contributed by atoms with E-state index in [4.69, 9.17) is 0 Å². The maximum atomic E-state index is 12.9. The van der Waals surface area contributed by atoms with Crippen LogP contribution in [0.5, 0.6) is 0 Å². The van der Waals surface area contributed by atoms with Gasteiger partial charge in [-0.2, -0.15) is 0 Å². The van der Waals surface area contributed by atoms with Gasteiger partial charge in [-0.1, -0.05) is 30.0 Å². The molecule has 0 unspecified atom stereocenters. The van der Waals surface area contributed by atoms with Crippen LogP contribution in [0.15, 0.2) is 35.2 Å². The molecule has 0 amide bonds. The highest BCUT2D eigenvalue weighted by molar-refractivity contribution is 8.10. The minimum absolute atomic E-state index is 0.0282. The van der Waals surface area contributed by atoms with E-state index in [1.54, 1.807) is 18.2 Å². The average Bonchev–Trinajstić information content (AvgIpc) is 3.12. The highest BCUT2D eigenvalue weighted by atomic mass is 32.3. The van der Waals surface area contributed by atoms with Crippen molar-refractivity contribution in [3.63, 3.8) is 0 Å². The summed E-state index contributed by atoms with van der Waals surface area (Å²) >= 11 is 0. The van der Waals surface area contributed by atoms with Gasteiger partial charge in [0.05, 0.1) is 10.8 Å². The van der Waals surface area contributed by atoms with Crippen LogP contribution in [-0.4, -0.2) is 27.2 Å². The molecule has 1 aliphatic rings. The van der Waals surface area contributed by atoms with E-state index < -0.39 is 29.7 Å². The Labute approximate surface area is 132 Å². The summed E-state index contributed by atoms with van der Waals surface area (Å²) in [7, 11) is -7.80. The van der Waals surface area contributed by atoms with Gasteiger partial charge >= 0.3 is 0 Å². The van der Waals surface area contributed by atoms with Crippen molar-refractivity contribution in [2.24, 2.45) is 11.3 Å². The molecule has 6 heteroatoms. The molecule has 22 heavy (non-hydrogen) atoms. The zero-order valence-corrected chi connectivity index (χ0v) is 14.8. The monoisotopic (exact) mass is 340 g/mol. The molecule has 1 aromatic rings. The quantitative estimate of drug-likeness (QED) is 0.792. The lowest BCUT2D eigenvalue weighted by Gasteiger charge is -2.15. The Balaban J connectivity index is 2.54. The van der Waals surface area contributed by atoms with Crippen molar-refractivity contribution >= 4 is 19.7 Å². The first kappa shape index (κ1) is 17.0. The van der Waals surface area contributed by atoms with E-state index >= 15 is 0 Å². The van der Waals surface area contributed by atoms with Gasteiger partial charge < -0.3 is 0 Å².